The van der Waals surface area contributed by atoms with Gasteiger partial charge in [-0.1, -0.05) is 0 Å². The molecule has 0 aliphatic heterocycles. The van der Waals surface area contributed by atoms with Crippen LogP contribution in [0.3, 0.4) is 0 Å². The summed E-state index contributed by atoms with van der Waals surface area (Å²) in [7, 11) is 1.65. The van der Waals surface area contributed by atoms with Crippen LogP contribution in [0.5, 0.6) is 5.75 Å². The molecule has 0 atom stereocenters. The van der Waals surface area contributed by atoms with Crippen LogP contribution < -0.4 is 4.74 Å². The maximum Gasteiger partial charge on any atom is 0.140 e. The highest BCUT2D eigenvalue weighted by molar-refractivity contribution is 5.27. The average molecular weight is 137 g/mol. The molecule has 10 heavy (non-hydrogen) atoms. The molecule has 54 valence electrons. The molecule has 0 radical (unpaired) electrons. The summed E-state index contributed by atoms with van der Waals surface area (Å²) in [5.41, 5.74) is 1.97. The van der Waals surface area contributed by atoms with E-state index in [1.807, 2.05) is 26.0 Å². The molecule has 0 spiro atoms. The monoisotopic (exact) mass is 137 g/mol. The highest BCUT2D eigenvalue weighted by atomic mass is 16.5. The lowest BCUT2D eigenvalue weighted by molar-refractivity contribution is 0.409. The molecule has 0 unspecified atom stereocenters. The topological polar surface area (TPSA) is 22.1 Å². The number of pyridine rings is 1. The third kappa shape index (κ3) is 1.26. The van der Waals surface area contributed by atoms with Gasteiger partial charge in [0.15, 0.2) is 0 Å². The first-order valence-electron chi connectivity index (χ1n) is 3.22. The highest BCUT2D eigenvalue weighted by Gasteiger charge is 1.96. The van der Waals surface area contributed by atoms with E-state index < -0.39 is 0 Å². The lowest BCUT2D eigenvalue weighted by atomic mass is 10.3. The highest BCUT2D eigenvalue weighted by Crippen LogP contribution is 2.13. The van der Waals surface area contributed by atoms with Crippen molar-refractivity contribution in [2.24, 2.45) is 0 Å². The number of hydrogen-bond donors (Lipinski definition) is 0. The standard InChI is InChI=1S/C8H11NO/c1-6-4-5-8(10-3)7(2)9-6/h4-5H,1-3H3. The number of aryl methyl sites for hydroxylation is 2. The van der Waals surface area contributed by atoms with Crippen molar-refractivity contribution in [2.75, 3.05) is 7.11 Å². The van der Waals surface area contributed by atoms with Gasteiger partial charge in [-0.3, -0.25) is 4.98 Å². The zero-order chi connectivity index (χ0) is 7.56. The molecule has 1 aromatic rings. The van der Waals surface area contributed by atoms with Crippen LogP contribution in [-0.4, -0.2) is 12.1 Å². The Hall–Kier alpha value is -1.05. The largest absolute Gasteiger partial charge is 0.495 e. The quantitative estimate of drug-likeness (QED) is 0.587. The second kappa shape index (κ2) is 2.69. The summed E-state index contributed by atoms with van der Waals surface area (Å²) in [6, 6.07) is 3.86. The third-order valence-electron chi connectivity index (χ3n) is 1.40. The number of aromatic nitrogens is 1. The van der Waals surface area contributed by atoms with Crippen LogP contribution in [0, 0.1) is 13.8 Å². The van der Waals surface area contributed by atoms with Gasteiger partial charge in [-0.2, -0.15) is 0 Å². The Morgan fingerprint density at radius 1 is 1.30 bits per heavy atom. The minimum atomic E-state index is 0.852. The molecule has 0 aliphatic rings. The van der Waals surface area contributed by atoms with Gasteiger partial charge in [0.05, 0.1) is 12.8 Å². The zero-order valence-electron chi connectivity index (χ0n) is 6.51. The summed E-state index contributed by atoms with van der Waals surface area (Å²) in [5.74, 6) is 0.852. The normalized spacial score (nSPS) is 9.50. The van der Waals surface area contributed by atoms with Crippen molar-refractivity contribution in [3.63, 3.8) is 0 Å². The number of ether oxygens (including phenoxy) is 1. The number of methoxy groups -OCH3 is 1. The molecule has 0 saturated heterocycles. The second-order valence-electron chi connectivity index (χ2n) is 2.24. The fraction of sp³-hybridized carbons (Fsp3) is 0.375. The molecule has 1 rings (SSSR count). The Morgan fingerprint density at radius 3 is 2.50 bits per heavy atom. The van der Waals surface area contributed by atoms with E-state index in [0.29, 0.717) is 0 Å². The smallest absolute Gasteiger partial charge is 0.140 e. The van der Waals surface area contributed by atoms with E-state index >= 15 is 0 Å². The molecular formula is C8H11NO. The van der Waals surface area contributed by atoms with Gasteiger partial charge in [-0.05, 0) is 26.0 Å². The van der Waals surface area contributed by atoms with Crippen molar-refractivity contribution < 1.29 is 4.74 Å². The van der Waals surface area contributed by atoms with Crippen molar-refractivity contribution in [3.8, 4) is 5.75 Å². The lowest BCUT2D eigenvalue weighted by Gasteiger charge is -2.02. The number of nitrogens with zero attached hydrogens (tertiary/aromatic N) is 1. The van der Waals surface area contributed by atoms with Crippen LogP contribution in [0.2, 0.25) is 0 Å². The summed E-state index contributed by atoms with van der Waals surface area (Å²) in [5, 5.41) is 0. The average Bonchev–Trinajstić information content (AvgIpc) is 1.88. The summed E-state index contributed by atoms with van der Waals surface area (Å²) in [6.07, 6.45) is 0. The molecule has 0 fully saturated rings. The summed E-state index contributed by atoms with van der Waals surface area (Å²) in [4.78, 5) is 4.22. The molecule has 2 heteroatoms. The van der Waals surface area contributed by atoms with Crippen molar-refractivity contribution >= 4 is 0 Å². The fourth-order valence-corrected chi connectivity index (χ4v) is 0.890. The number of rotatable bonds is 1. The van der Waals surface area contributed by atoms with Crippen molar-refractivity contribution in [1.29, 1.82) is 0 Å². The van der Waals surface area contributed by atoms with Gasteiger partial charge < -0.3 is 4.74 Å². The minimum absolute atomic E-state index is 0.852. The Bertz CT molecular complexity index is 233. The van der Waals surface area contributed by atoms with Crippen molar-refractivity contribution in [3.05, 3.63) is 23.5 Å². The lowest BCUT2D eigenvalue weighted by Crippen LogP contribution is -1.91. The molecule has 0 amide bonds. The molecule has 1 heterocycles. The first kappa shape index (κ1) is 7.06. The SMILES string of the molecule is COc1ccc(C)nc1C. The van der Waals surface area contributed by atoms with Gasteiger partial charge in [-0.25, -0.2) is 0 Å². The Morgan fingerprint density at radius 2 is 2.00 bits per heavy atom. The molecule has 0 bridgehead atoms. The Labute approximate surface area is 60.9 Å². The molecule has 0 aromatic carbocycles. The molecular weight excluding hydrogens is 126 g/mol. The van der Waals surface area contributed by atoms with Gasteiger partial charge in [-0.15, -0.1) is 0 Å². The van der Waals surface area contributed by atoms with E-state index in [4.69, 9.17) is 4.74 Å². The minimum Gasteiger partial charge on any atom is -0.495 e. The molecule has 0 aliphatic carbocycles. The van der Waals surface area contributed by atoms with E-state index in [1.54, 1.807) is 7.11 Å². The van der Waals surface area contributed by atoms with E-state index in [2.05, 4.69) is 4.98 Å². The van der Waals surface area contributed by atoms with Gasteiger partial charge in [0.1, 0.15) is 5.75 Å². The third-order valence-corrected chi connectivity index (χ3v) is 1.40. The Kier molecular flexibility index (Phi) is 1.90. The Balaban J connectivity index is 3.07. The van der Waals surface area contributed by atoms with Gasteiger partial charge in [0.2, 0.25) is 0 Å². The van der Waals surface area contributed by atoms with Gasteiger partial charge in [0.25, 0.3) is 0 Å². The predicted molar refractivity (Wildman–Crippen MR) is 40.3 cm³/mol. The van der Waals surface area contributed by atoms with E-state index in [1.165, 1.54) is 0 Å². The van der Waals surface area contributed by atoms with E-state index in [-0.39, 0.29) is 0 Å². The van der Waals surface area contributed by atoms with Crippen LogP contribution in [-0.2, 0) is 0 Å². The van der Waals surface area contributed by atoms with E-state index in [9.17, 15) is 0 Å². The number of hydrogen-bond acceptors (Lipinski definition) is 2. The van der Waals surface area contributed by atoms with Crippen molar-refractivity contribution in [1.82, 2.24) is 4.98 Å². The molecule has 2 nitrogen and oxygen atoms in total. The first-order valence-corrected chi connectivity index (χ1v) is 3.22. The molecule has 0 N–H and O–H groups in total. The van der Waals surface area contributed by atoms with Crippen LogP contribution in [0.1, 0.15) is 11.4 Å². The maximum absolute atomic E-state index is 5.04. The zero-order valence-corrected chi connectivity index (χ0v) is 6.51. The summed E-state index contributed by atoms with van der Waals surface area (Å²) < 4.78 is 5.04. The van der Waals surface area contributed by atoms with Crippen LogP contribution in [0.15, 0.2) is 12.1 Å². The summed E-state index contributed by atoms with van der Waals surface area (Å²) >= 11 is 0. The van der Waals surface area contributed by atoms with Gasteiger partial charge in [0, 0.05) is 5.69 Å². The van der Waals surface area contributed by atoms with E-state index in [0.717, 1.165) is 17.1 Å². The van der Waals surface area contributed by atoms with Gasteiger partial charge >= 0.3 is 0 Å². The fourth-order valence-electron chi connectivity index (χ4n) is 0.890. The predicted octanol–water partition coefficient (Wildman–Crippen LogP) is 1.71. The molecule has 1 aromatic heterocycles. The maximum atomic E-state index is 5.04. The van der Waals surface area contributed by atoms with Crippen molar-refractivity contribution in [2.45, 2.75) is 13.8 Å². The summed E-state index contributed by atoms with van der Waals surface area (Å²) in [6.45, 7) is 3.90. The first-order chi connectivity index (χ1) is 4.74. The van der Waals surface area contributed by atoms with Crippen LogP contribution >= 0.6 is 0 Å². The molecule has 0 saturated carbocycles. The second-order valence-corrected chi connectivity index (χ2v) is 2.24. The van der Waals surface area contributed by atoms with Crippen LogP contribution in [0.4, 0.5) is 0 Å². The van der Waals surface area contributed by atoms with Crippen LogP contribution in [0.25, 0.3) is 0 Å².